The van der Waals surface area contributed by atoms with Crippen molar-refractivity contribution in [2.75, 3.05) is 6.61 Å². The van der Waals surface area contributed by atoms with Gasteiger partial charge in [-0.25, -0.2) is 4.79 Å². The van der Waals surface area contributed by atoms with E-state index < -0.39 is 5.97 Å². The fourth-order valence-electron chi connectivity index (χ4n) is 1.29. The van der Waals surface area contributed by atoms with Gasteiger partial charge in [-0.05, 0) is 19.1 Å². The predicted molar refractivity (Wildman–Crippen MR) is 55.8 cm³/mol. The van der Waals surface area contributed by atoms with Gasteiger partial charge in [0.15, 0.2) is 5.69 Å². The third-order valence-electron chi connectivity index (χ3n) is 1.97. The Morgan fingerprint density at radius 1 is 1.44 bits per heavy atom. The van der Waals surface area contributed by atoms with Crippen molar-refractivity contribution in [1.82, 2.24) is 19.6 Å². The number of esters is 1. The summed E-state index contributed by atoms with van der Waals surface area (Å²) >= 11 is 0. The summed E-state index contributed by atoms with van der Waals surface area (Å²) in [6.45, 7) is 2.59. The van der Waals surface area contributed by atoms with Crippen LogP contribution in [0.15, 0.2) is 30.7 Å². The van der Waals surface area contributed by atoms with Crippen molar-refractivity contribution in [3.8, 4) is 0 Å². The summed E-state index contributed by atoms with van der Waals surface area (Å²) in [7, 11) is 0. The first-order valence-corrected chi connectivity index (χ1v) is 4.97. The van der Waals surface area contributed by atoms with Crippen LogP contribution in [0.1, 0.15) is 17.4 Å². The van der Waals surface area contributed by atoms with Crippen molar-refractivity contribution in [2.24, 2.45) is 0 Å². The Balaban J connectivity index is 2.05. The van der Waals surface area contributed by atoms with Crippen molar-refractivity contribution < 1.29 is 9.53 Å². The van der Waals surface area contributed by atoms with E-state index in [0.717, 1.165) is 0 Å². The van der Waals surface area contributed by atoms with Gasteiger partial charge in [0, 0.05) is 18.6 Å². The fourth-order valence-corrected chi connectivity index (χ4v) is 1.29. The smallest absolute Gasteiger partial charge is 0.358 e. The summed E-state index contributed by atoms with van der Waals surface area (Å²) in [5, 5.41) is 8.13. The molecule has 0 N–H and O–H groups in total. The van der Waals surface area contributed by atoms with Gasteiger partial charge < -0.3 is 4.74 Å². The lowest BCUT2D eigenvalue weighted by atomic mass is 10.4. The minimum Gasteiger partial charge on any atom is -0.461 e. The topological polar surface area (TPSA) is 61.9 Å². The molecule has 0 saturated heterocycles. The molecule has 2 heterocycles. The molecule has 6 heteroatoms. The van der Waals surface area contributed by atoms with Crippen molar-refractivity contribution in [3.63, 3.8) is 0 Å². The molecule has 0 bridgehead atoms. The van der Waals surface area contributed by atoms with E-state index in [0.29, 0.717) is 19.0 Å². The van der Waals surface area contributed by atoms with Gasteiger partial charge in [0.2, 0.25) is 0 Å². The molecule has 0 aliphatic carbocycles. The van der Waals surface area contributed by atoms with Gasteiger partial charge in [-0.3, -0.25) is 9.36 Å². The number of hydrogen-bond acceptors (Lipinski definition) is 4. The second-order valence-electron chi connectivity index (χ2n) is 3.15. The molecule has 0 aliphatic rings. The number of ether oxygens (including phenoxy) is 1. The Bertz CT molecular complexity index is 461. The molecule has 0 saturated carbocycles. The zero-order valence-corrected chi connectivity index (χ0v) is 8.91. The predicted octanol–water partition coefficient (Wildman–Crippen LogP) is 0.762. The normalized spacial score (nSPS) is 10.3. The van der Waals surface area contributed by atoms with Gasteiger partial charge in [-0.15, -0.1) is 0 Å². The van der Waals surface area contributed by atoms with Gasteiger partial charge in [0.05, 0.1) is 6.61 Å². The molecule has 2 aromatic heterocycles. The first kappa shape index (κ1) is 10.4. The Labute approximate surface area is 92.4 Å². The van der Waals surface area contributed by atoms with Crippen molar-refractivity contribution in [1.29, 1.82) is 0 Å². The highest BCUT2D eigenvalue weighted by molar-refractivity contribution is 5.86. The van der Waals surface area contributed by atoms with Crippen LogP contribution < -0.4 is 0 Å². The van der Waals surface area contributed by atoms with Crippen molar-refractivity contribution in [2.45, 2.75) is 13.6 Å². The maximum absolute atomic E-state index is 11.3. The molecule has 0 aliphatic heterocycles. The maximum Gasteiger partial charge on any atom is 0.358 e. The highest BCUT2D eigenvalue weighted by Crippen LogP contribution is 1.99. The standard InChI is InChI=1S/C10H12N4O2/c1-2-16-10(15)9-4-7-14(12-9)8-13-6-3-5-11-13/h3-7H,2,8H2,1H3. The van der Waals surface area contributed by atoms with Crippen LogP contribution in [0.3, 0.4) is 0 Å². The highest BCUT2D eigenvalue weighted by atomic mass is 16.5. The summed E-state index contributed by atoms with van der Waals surface area (Å²) in [4.78, 5) is 11.3. The molecule has 0 radical (unpaired) electrons. The lowest BCUT2D eigenvalue weighted by Crippen LogP contribution is -2.11. The molecule has 0 unspecified atom stereocenters. The average Bonchev–Trinajstić information content (AvgIpc) is 2.90. The van der Waals surface area contributed by atoms with Crippen LogP contribution in [0, 0.1) is 0 Å². The molecule has 0 fully saturated rings. The van der Waals surface area contributed by atoms with Crippen LogP contribution >= 0.6 is 0 Å². The molecule has 0 amide bonds. The van der Waals surface area contributed by atoms with Gasteiger partial charge in [-0.1, -0.05) is 0 Å². The third kappa shape index (κ3) is 2.28. The van der Waals surface area contributed by atoms with Crippen LogP contribution in [0.2, 0.25) is 0 Å². The van der Waals surface area contributed by atoms with Gasteiger partial charge in [-0.2, -0.15) is 10.2 Å². The Morgan fingerprint density at radius 2 is 2.31 bits per heavy atom. The van der Waals surface area contributed by atoms with E-state index in [1.165, 1.54) is 0 Å². The molecule has 0 aromatic carbocycles. The van der Waals surface area contributed by atoms with E-state index in [1.54, 1.807) is 34.7 Å². The van der Waals surface area contributed by atoms with Crippen LogP contribution in [-0.4, -0.2) is 32.1 Å². The second kappa shape index (κ2) is 4.61. The number of carbonyl (C=O) groups is 1. The summed E-state index contributed by atoms with van der Waals surface area (Å²) in [6.07, 6.45) is 5.23. The van der Waals surface area contributed by atoms with E-state index in [1.807, 2.05) is 12.3 Å². The van der Waals surface area contributed by atoms with Crippen LogP contribution in [0.25, 0.3) is 0 Å². The van der Waals surface area contributed by atoms with Crippen molar-refractivity contribution >= 4 is 5.97 Å². The quantitative estimate of drug-likeness (QED) is 0.714. The molecular formula is C10H12N4O2. The first-order chi connectivity index (χ1) is 7.79. The van der Waals surface area contributed by atoms with Crippen LogP contribution in [0.4, 0.5) is 0 Å². The Morgan fingerprint density at radius 3 is 3.00 bits per heavy atom. The fraction of sp³-hybridized carbons (Fsp3) is 0.300. The first-order valence-electron chi connectivity index (χ1n) is 4.97. The molecule has 84 valence electrons. The van der Waals surface area contributed by atoms with Gasteiger partial charge in [0.1, 0.15) is 6.67 Å². The monoisotopic (exact) mass is 220 g/mol. The largest absolute Gasteiger partial charge is 0.461 e. The number of nitrogens with zero attached hydrogens (tertiary/aromatic N) is 4. The third-order valence-corrected chi connectivity index (χ3v) is 1.97. The van der Waals surface area contributed by atoms with Gasteiger partial charge >= 0.3 is 5.97 Å². The summed E-state index contributed by atoms with van der Waals surface area (Å²) in [5.74, 6) is -0.401. The molecule has 0 spiro atoms. The number of carbonyl (C=O) groups excluding carboxylic acids is 1. The number of hydrogen-bond donors (Lipinski definition) is 0. The van der Waals surface area contributed by atoms with Crippen LogP contribution in [-0.2, 0) is 11.4 Å². The van der Waals surface area contributed by atoms with E-state index in [9.17, 15) is 4.79 Å². The Hall–Kier alpha value is -2.11. The van der Waals surface area contributed by atoms with Crippen molar-refractivity contribution in [3.05, 3.63) is 36.4 Å². The lowest BCUT2D eigenvalue weighted by Gasteiger charge is -2.01. The molecule has 0 atom stereocenters. The van der Waals surface area contributed by atoms with E-state index >= 15 is 0 Å². The van der Waals surface area contributed by atoms with E-state index in [4.69, 9.17) is 4.74 Å². The van der Waals surface area contributed by atoms with E-state index in [2.05, 4.69) is 10.2 Å². The summed E-state index contributed by atoms with van der Waals surface area (Å²) < 4.78 is 8.17. The summed E-state index contributed by atoms with van der Waals surface area (Å²) in [6, 6.07) is 3.46. The van der Waals surface area contributed by atoms with Crippen LogP contribution in [0.5, 0.6) is 0 Å². The Kier molecular flexibility index (Phi) is 3.00. The number of aromatic nitrogens is 4. The molecule has 2 rings (SSSR count). The molecule has 6 nitrogen and oxygen atoms in total. The maximum atomic E-state index is 11.3. The molecular weight excluding hydrogens is 208 g/mol. The molecule has 2 aromatic rings. The zero-order valence-electron chi connectivity index (χ0n) is 8.91. The molecule has 16 heavy (non-hydrogen) atoms. The van der Waals surface area contributed by atoms with Gasteiger partial charge in [0.25, 0.3) is 0 Å². The SMILES string of the molecule is CCOC(=O)c1ccn(Cn2cccn2)n1. The lowest BCUT2D eigenvalue weighted by molar-refractivity contribution is 0.0518. The summed E-state index contributed by atoms with van der Waals surface area (Å²) in [5.41, 5.74) is 0.314. The minimum atomic E-state index is -0.401. The minimum absolute atomic E-state index is 0.314. The highest BCUT2D eigenvalue weighted by Gasteiger charge is 2.09. The second-order valence-corrected chi connectivity index (χ2v) is 3.15. The van der Waals surface area contributed by atoms with E-state index in [-0.39, 0.29) is 0 Å². The average molecular weight is 220 g/mol. The zero-order chi connectivity index (χ0) is 11.4. The number of rotatable bonds is 4.